The van der Waals surface area contributed by atoms with Crippen molar-refractivity contribution in [3.05, 3.63) is 64.2 Å². The third kappa shape index (κ3) is 4.88. The van der Waals surface area contributed by atoms with Crippen molar-refractivity contribution >= 4 is 18.0 Å². The molecule has 26 heavy (non-hydrogen) atoms. The lowest BCUT2D eigenvalue weighted by atomic mass is 10.0. The highest BCUT2D eigenvalue weighted by molar-refractivity contribution is 5.92. The normalized spacial score (nSPS) is 11.0. The van der Waals surface area contributed by atoms with E-state index in [0.29, 0.717) is 11.1 Å². The molecule has 0 fully saturated rings. The maximum Gasteiger partial charge on any atom is 0.338 e. The van der Waals surface area contributed by atoms with Crippen LogP contribution < -0.4 is 0 Å². The minimum atomic E-state index is -0.968. The molecule has 0 atom stereocenters. The predicted octanol–water partition coefficient (Wildman–Crippen LogP) is 4.55. The summed E-state index contributed by atoms with van der Waals surface area (Å²) in [6.07, 6.45) is 1.74. The maximum atomic E-state index is 13.2. The van der Waals surface area contributed by atoms with Gasteiger partial charge in [-0.2, -0.15) is 0 Å². The van der Waals surface area contributed by atoms with E-state index in [1.54, 1.807) is 19.3 Å². The van der Waals surface area contributed by atoms with Gasteiger partial charge in [-0.1, -0.05) is 6.07 Å². The predicted molar refractivity (Wildman–Crippen MR) is 97.8 cm³/mol. The van der Waals surface area contributed by atoms with E-state index in [1.807, 2.05) is 31.9 Å². The third-order valence-corrected chi connectivity index (χ3v) is 4.01. The smallest absolute Gasteiger partial charge is 0.338 e. The lowest BCUT2D eigenvalue weighted by Crippen LogP contribution is -2.14. The number of carbonyl (C=O) groups is 1. The minimum Gasteiger partial charge on any atom is -0.457 e. The van der Waals surface area contributed by atoms with Crippen LogP contribution in [0.4, 0.5) is 14.5 Å². The van der Waals surface area contributed by atoms with Crippen LogP contribution in [0.1, 0.15) is 34.0 Å². The zero-order chi connectivity index (χ0) is 19.3. The summed E-state index contributed by atoms with van der Waals surface area (Å²) in [6.45, 7) is 6.40. The number of aryl methyl sites for hydroxylation is 2. The van der Waals surface area contributed by atoms with Gasteiger partial charge in [0, 0.05) is 13.6 Å². The van der Waals surface area contributed by atoms with E-state index in [0.717, 1.165) is 35.5 Å². The number of hydrogen-bond donors (Lipinski definition) is 0. The second-order valence-corrected chi connectivity index (χ2v) is 6.10. The van der Waals surface area contributed by atoms with Crippen molar-refractivity contribution < 1.29 is 18.3 Å². The molecule has 0 heterocycles. The SMILES string of the molecule is CCN(C)C=Nc1cc(C)c(C(=O)OCc2ccc(F)c(F)c2)cc1C. The van der Waals surface area contributed by atoms with Crippen LogP contribution in [-0.2, 0) is 11.3 Å². The Morgan fingerprint density at radius 1 is 1.15 bits per heavy atom. The summed E-state index contributed by atoms with van der Waals surface area (Å²) in [7, 11) is 1.93. The number of rotatable bonds is 6. The second-order valence-electron chi connectivity index (χ2n) is 6.10. The first-order valence-electron chi connectivity index (χ1n) is 8.28. The van der Waals surface area contributed by atoms with Crippen molar-refractivity contribution in [3.8, 4) is 0 Å². The Kier molecular flexibility index (Phi) is 6.44. The summed E-state index contributed by atoms with van der Waals surface area (Å²) in [6, 6.07) is 6.95. The molecule has 2 aromatic carbocycles. The molecule has 2 rings (SSSR count). The van der Waals surface area contributed by atoms with Gasteiger partial charge in [-0.05, 0) is 61.7 Å². The molecule has 0 spiro atoms. The van der Waals surface area contributed by atoms with E-state index in [-0.39, 0.29) is 6.61 Å². The number of hydrogen-bond acceptors (Lipinski definition) is 3. The molecule has 6 heteroatoms. The van der Waals surface area contributed by atoms with Crippen LogP contribution in [0.5, 0.6) is 0 Å². The van der Waals surface area contributed by atoms with Gasteiger partial charge in [0.25, 0.3) is 0 Å². The van der Waals surface area contributed by atoms with Gasteiger partial charge in [0.2, 0.25) is 0 Å². The van der Waals surface area contributed by atoms with Crippen LogP contribution in [0.2, 0.25) is 0 Å². The van der Waals surface area contributed by atoms with E-state index >= 15 is 0 Å². The zero-order valence-electron chi connectivity index (χ0n) is 15.3. The van der Waals surface area contributed by atoms with Crippen molar-refractivity contribution in [2.75, 3.05) is 13.6 Å². The molecule has 0 aliphatic carbocycles. The fourth-order valence-corrected chi connectivity index (χ4v) is 2.26. The van der Waals surface area contributed by atoms with Crippen LogP contribution in [0.25, 0.3) is 0 Å². The van der Waals surface area contributed by atoms with Crippen molar-refractivity contribution in [1.82, 2.24) is 4.90 Å². The highest BCUT2D eigenvalue weighted by Gasteiger charge is 2.14. The van der Waals surface area contributed by atoms with Crippen molar-refractivity contribution in [2.45, 2.75) is 27.4 Å². The van der Waals surface area contributed by atoms with E-state index < -0.39 is 17.6 Å². The van der Waals surface area contributed by atoms with Gasteiger partial charge in [-0.25, -0.2) is 18.6 Å². The number of halogens is 2. The molecule has 0 saturated carbocycles. The molecule has 2 aromatic rings. The Hall–Kier alpha value is -2.76. The Labute approximate surface area is 152 Å². The lowest BCUT2D eigenvalue weighted by molar-refractivity contribution is 0.0471. The van der Waals surface area contributed by atoms with E-state index in [4.69, 9.17) is 4.74 Å². The van der Waals surface area contributed by atoms with E-state index in [9.17, 15) is 13.6 Å². The largest absolute Gasteiger partial charge is 0.457 e. The molecule has 0 unspecified atom stereocenters. The fourth-order valence-electron chi connectivity index (χ4n) is 2.26. The summed E-state index contributed by atoms with van der Waals surface area (Å²) in [5.74, 6) is -2.42. The number of carbonyl (C=O) groups excluding carboxylic acids is 1. The van der Waals surface area contributed by atoms with Gasteiger partial charge in [-0.3, -0.25) is 0 Å². The quantitative estimate of drug-likeness (QED) is 0.431. The molecule has 0 saturated heterocycles. The summed E-state index contributed by atoms with van der Waals surface area (Å²) >= 11 is 0. The van der Waals surface area contributed by atoms with Crippen molar-refractivity contribution in [1.29, 1.82) is 0 Å². The second kappa shape index (κ2) is 8.56. The first kappa shape index (κ1) is 19.6. The summed E-state index contributed by atoms with van der Waals surface area (Å²) in [5, 5.41) is 0. The van der Waals surface area contributed by atoms with Crippen LogP contribution >= 0.6 is 0 Å². The van der Waals surface area contributed by atoms with Crippen molar-refractivity contribution in [3.63, 3.8) is 0 Å². The topological polar surface area (TPSA) is 41.9 Å². The molecule has 4 nitrogen and oxygen atoms in total. The number of benzene rings is 2. The van der Waals surface area contributed by atoms with Gasteiger partial charge in [0.15, 0.2) is 11.6 Å². The summed E-state index contributed by atoms with van der Waals surface area (Å²) in [4.78, 5) is 18.7. The first-order valence-corrected chi connectivity index (χ1v) is 8.28. The average Bonchev–Trinajstić information content (AvgIpc) is 2.62. The van der Waals surface area contributed by atoms with Crippen LogP contribution in [0, 0.1) is 25.5 Å². The fraction of sp³-hybridized carbons (Fsp3) is 0.300. The highest BCUT2D eigenvalue weighted by atomic mass is 19.2. The molecule has 0 radical (unpaired) electrons. The van der Waals surface area contributed by atoms with Crippen LogP contribution in [0.3, 0.4) is 0 Å². The molecular weight excluding hydrogens is 338 g/mol. The van der Waals surface area contributed by atoms with E-state index in [2.05, 4.69) is 4.99 Å². The van der Waals surface area contributed by atoms with Crippen molar-refractivity contribution in [2.24, 2.45) is 4.99 Å². The Balaban J connectivity index is 2.12. The molecular formula is C20H22F2N2O2. The summed E-state index contributed by atoms with van der Waals surface area (Å²) < 4.78 is 31.4. The lowest BCUT2D eigenvalue weighted by Gasteiger charge is -2.12. The maximum absolute atomic E-state index is 13.2. The Morgan fingerprint density at radius 2 is 1.88 bits per heavy atom. The number of aliphatic imine (C=N–C) groups is 1. The molecule has 0 aliphatic heterocycles. The molecule has 0 aromatic heterocycles. The number of esters is 1. The number of nitrogens with zero attached hydrogens (tertiary/aromatic N) is 2. The minimum absolute atomic E-state index is 0.129. The summed E-state index contributed by atoms with van der Waals surface area (Å²) in [5.41, 5.74) is 3.16. The first-order chi connectivity index (χ1) is 12.3. The van der Waals surface area contributed by atoms with Gasteiger partial charge in [-0.15, -0.1) is 0 Å². The average molecular weight is 360 g/mol. The molecule has 0 N–H and O–H groups in total. The van der Waals surface area contributed by atoms with Crippen LogP contribution in [-0.4, -0.2) is 30.8 Å². The van der Waals surface area contributed by atoms with E-state index in [1.165, 1.54) is 6.07 Å². The monoisotopic (exact) mass is 360 g/mol. The Bertz CT molecular complexity index is 835. The van der Waals surface area contributed by atoms with Gasteiger partial charge in [0.05, 0.1) is 17.6 Å². The number of ether oxygens (including phenoxy) is 1. The molecule has 0 amide bonds. The van der Waals surface area contributed by atoms with Gasteiger partial charge < -0.3 is 9.64 Å². The van der Waals surface area contributed by atoms with Crippen LogP contribution in [0.15, 0.2) is 35.3 Å². The van der Waals surface area contributed by atoms with Gasteiger partial charge in [0.1, 0.15) is 6.61 Å². The van der Waals surface area contributed by atoms with Gasteiger partial charge >= 0.3 is 5.97 Å². The zero-order valence-corrected chi connectivity index (χ0v) is 15.3. The molecule has 0 aliphatic rings. The molecule has 138 valence electrons. The standard InChI is InChI=1S/C20H22F2N2O2/c1-5-24(4)12-23-19-9-13(2)16(8-14(19)3)20(25)26-11-15-6-7-17(21)18(22)10-15/h6-10,12H,5,11H2,1-4H3. The Morgan fingerprint density at radius 3 is 2.54 bits per heavy atom. The highest BCUT2D eigenvalue weighted by Crippen LogP contribution is 2.24. The molecule has 0 bridgehead atoms. The third-order valence-electron chi connectivity index (χ3n) is 4.01.